The van der Waals surface area contributed by atoms with E-state index in [1.807, 2.05) is 6.07 Å². The molecular formula is C22H21Cl2N2O5PS2. The van der Waals surface area contributed by atoms with E-state index in [2.05, 4.69) is 0 Å². The van der Waals surface area contributed by atoms with Gasteiger partial charge in [0.25, 0.3) is 0 Å². The van der Waals surface area contributed by atoms with Crippen LogP contribution in [0.2, 0.25) is 10.0 Å². The zero-order chi connectivity index (χ0) is 24.5. The molecule has 0 atom stereocenters. The van der Waals surface area contributed by atoms with Crippen molar-refractivity contribution in [2.24, 2.45) is 0 Å². The average molecular weight is 559 g/mol. The first kappa shape index (κ1) is 25.4. The van der Waals surface area contributed by atoms with E-state index >= 15 is 0 Å². The van der Waals surface area contributed by atoms with E-state index in [0.29, 0.717) is 44.8 Å². The fourth-order valence-corrected chi connectivity index (χ4v) is 7.99. The van der Waals surface area contributed by atoms with Gasteiger partial charge in [-0.3, -0.25) is 13.2 Å². The molecular weight excluding hydrogens is 538 g/mol. The Labute approximate surface area is 212 Å². The molecule has 3 aromatic carbocycles. The number of hydrogen-bond acceptors (Lipinski definition) is 5. The molecule has 0 bridgehead atoms. The third-order valence-corrected chi connectivity index (χ3v) is 9.13. The van der Waals surface area contributed by atoms with Gasteiger partial charge in [0.15, 0.2) is 0 Å². The summed E-state index contributed by atoms with van der Waals surface area (Å²) in [5.41, 5.74) is 2.60. The van der Waals surface area contributed by atoms with Crippen LogP contribution in [0.1, 0.15) is 11.1 Å². The lowest BCUT2D eigenvalue weighted by molar-refractivity contribution is 0.374. The predicted molar refractivity (Wildman–Crippen MR) is 138 cm³/mol. The highest BCUT2D eigenvalue weighted by Gasteiger charge is 2.31. The Bertz CT molecular complexity index is 1330. The van der Waals surface area contributed by atoms with Gasteiger partial charge in [0, 0.05) is 27.2 Å². The molecule has 0 aliphatic carbocycles. The molecule has 0 aromatic heterocycles. The lowest BCUT2D eigenvalue weighted by Gasteiger charge is -2.25. The Morgan fingerprint density at radius 1 is 1.00 bits per heavy atom. The number of anilines is 2. The van der Waals surface area contributed by atoms with Gasteiger partial charge < -0.3 is 9.79 Å². The third-order valence-electron chi connectivity index (χ3n) is 5.10. The van der Waals surface area contributed by atoms with Crippen molar-refractivity contribution in [3.63, 3.8) is 0 Å². The van der Waals surface area contributed by atoms with E-state index in [0.717, 1.165) is 17.5 Å². The van der Waals surface area contributed by atoms with Gasteiger partial charge in [-0.1, -0.05) is 53.5 Å². The first-order chi connectivity index (χ1) is 16.0. The number of hydrogen-bond donors (Lipinski definition) is 2. The van der Waals surface area contributed by atoms with Crippen LogP contribution in [0.25, 0.3) is 0 Å². The molecule has 0 saturated carbocycles. The minimum absolute atomic E-state index is 0.106. The Morgan fingerprint density at radius 2 is 1.68 bits per heavy atom. The normalized spacial score (nSPS) is 13.7. The molecule has 2 N–H and O–H groups in total. The quantitative estimate of drug-likeness (QED) is 0.277. The van der Waals surface area contributed by atoms with Crippen molar-refractivity contribution in [3.05, 3.63) is 87.9 Å². The number of fused-ring (bicyclic) bond motifs is 1. The van der Waals surface area contributed by atoms with Gasteiger partial charge >= 0.3 is 7.60 Å². The summed E-state index contributed by atoms with van der Waals surface area (Å²) in [5, 5.41) is 0.804. The first-order valence-electron chi connectivity index (χ1n) is 10.1. The van der Waals surface area contributed by atoms with Gasteiger partial charge in [0.2, 0.25) is 10.0 Å². The second-order valence-corrected chi connectivity index (χ2v) is 13.2. The molecule has 0 radical (unpaired) electrons. The zero-order valence-corrected chi connectivity index (χ0v) is 21.8. The molecule has 12 heteroatoms. The zero-order valence-electron chi connectivity index (χ0n) is 17.7. The minimum Gasteiger partial charge on any atom is -0.323 e. The van der Waals surface area contributed by atoms with Crippen molar-refractivity contribution in [3.8, 4) is 0 Å². The summed E-state index contributed by atoms with van der Waals surface area (Å²) in [7, 11) is -8.00. The van der Waals surface area contributed by atoms with Crippen molar-refractivity contribution in [2.75, 3.05) is 21.4 Å². The number of halogens is 2. The van der Waals surface area contributed by atoms with Crippen LogP contribution in [0.3, 0.4) is 0 Å². The lowest BCUT2D eigenvalue weighted by Crippen LogP contribution is -2.30. The average Bonchev–Trinajstić information content (AvgIpc) is 3.16. The predicted octanol–water partition coefficient (Wildman–Crippen LogP) is 5.53. The largest absolute Gasteiger partial charge is 0.345 e. The first-order valence-corrected chi connectivity index (χ1v) is 15.1. The van der Waals surface area contributed by atoms with E-state index in [9.17, 15) is 22.8 Å². The molecule has 0 fully saturated rings. The molecule has 0 saturated heterocycles. The van der Waals surface area contributed by atoms with E-state index in [-0.39, 0.29) is 5.75 Å². The van der Waals surface area contributed by atoms with Crippen LogP contribution in [0.5, 0.6) is 0 Å². The van der Waals surface area contributed by atoms with Crippen LogP contribution >= 0.6 is 42.7 Å². The van der Waals surface area contributed by atoms with Gasteiger partial charge in [0.05, 0.1) is 11.4 Å². The lowest BCUT2D eigenvalue weighted by atomic mass is 10.1. The molecule has 0 amide bonds. The van der Waals surface area contributed by atoms with Crippen molar-refractivity contribution >= 4 is 64.1 Å². The Balaban J connectivity index is 1.62. The fourth-order valence-electron chi connectivity index (χ4n) is 3.70. The van der Waals surface area contributed by atoms with E-state index in [1.54, 1.807) is 60.7 Å². The standard InChI is InChI=1S/C22H21Cl2N2O5PS2/c23-18-11-19(24)13-21(12-18)33-25(15-32(27,28)29)20-6-7-22-17(10-20)8-9-26(22)34(30,31)14-16-4-2-1-3-5-16/h1-7,10-13H,8-9,14-15H2,(H2,27,28,29). The topological polar surface area (TPSA) is 98.2 Å². The molecule has 1 aliphatic heterocycles. The molecule has 3 aromatic rings. The Kier molecular flexibility index (Phi) is 7.55. The molecule has 0 spiro atoms. The monoisotopic (exact) mass is 558 g/mol. The molecule has 34 heavy (non-hydrogen) atoms. The highest BCUT2D eigenvalue weighted by molar-refractivity contribution is 8.01. The van der Waals surface area contributed by atoms with Crippen molar-refractivity contribution < 1.29 is 22.8 Å². The van der Waals surface area contributed by atoms with E-state index < -0.39 is 23.9 Å². The molecule has 4 rings (SSSR count). The summed E-state index contributed by atoms with van der Waals surface area (Å²) in [6, 6.07) is 19.0. The van der Waals surface area contributed by atoms with Gasteiger partial charge in [-0.15, -0.1) is 0 Å². The second kappa shape index (κ2) is 10.1. The van der Waals surface area contributed by atoms with Crippen LogP contribution in [0.15, 0.2) is 71.6 Å². The number of nitrogens with zero attached hydrogens (tertiary/aromatic N) is 2. The summed E-state index contributed by atoms with van der Waals surface area (Å²) in [5.74, 6) is -0.106. The summed E-state index contributed by atoms with van der Waals surface area (Å²) < 4.78 is 40.8. The minimum atomic E-state index is -4.41. The van der Waals surface area contributed by atoms with Gasteiger partial charge in [0.1, 0.15) is 6.29 Å². The van der Waals surface area contributed by atoms with Gasteiger partial charge in [-0.2, -0.15) is 0 Å². The Hall–Kier alpha value is -1.71. The highest BCUT2D eigenvalue weighted by atomic mass is 35.5. The number of rotatable bonds is 8. The van der Waals surface area contributed by atoms with Gasteiger partial charge in [-0.25, -0.2) is 8.42 Å². The molecule has 180 valence electrons. The van der Waals surface area contributed by atoms with Gasteiger partial charge in [-0.05, 0) is 65.9 Å². The maximum absolute atomic E-state index is 13.1. The molecule has 7 nitrogen and oxygen atoms in total. The maximum Gasteiger partial charge on any atom is 0.345 e. The summed E-state index contributed by atoms with van der Waals surface area (Å²) in [6.45, 7) is 0.309. The molecule has 0 unspecified atom stereocenters. The van der Waals surface area contributed by atoms with Crippen LogP contribution in [0, 0.1) is 0 Å². The van der Waals surface area contributed by atoms with E-state index in [1.165, 1.54) is 8.61 Å². The smallest absolute Gasteiger partial charge is 0.323 e. The van der Waals surface area contributed by atoms with Crippen molar-refractivity contribution in [1.29, 1.82) is 0 Å². The third kappa shape index (κ3) is 6.29. The molecule has 1 heterocycles. The number of benzene rings is 3. The van der Waals surface area contributed by atoms with Crippen LogP contribution < -0.4 is 8.61 Å². The van der Waals surface area contributed by atoms with Crippen LogP contribution in [-0.2, 0) is 26.8 Å². The van der Waals surface area contributed by atoms with Crippen LogP contribution in [0.4, 0.5) is 11.4 Å². The van der Waals surface area contributed by atoms with E-state index in [4.69, 9.17) is 23.2 Å². The van der Waals surface area contributed by atoms with Crippen LogP contribution in [-0.4, -0.2) is 31.0 Å². The maximum atomic E-state index is 13.1. The summed E-state index contributed by atoms with van der Waals surface area (Å²) >= 11 is 13.2. The fraction of sp³-hybridized carbons (Fsp3) is 0.182. The summed E-state index contributed by atoms with van der Waals surface area (Å²) in [4.78, 5) is 19.9. The van der Waals surface area contributed by atoms with Crippen molar-refractivity contribution in [1.82, 2.24) is 0 Å². The van der Waals surface area contributed by atoms with Crippen molar-refractivity contribution in [2.45, 2.75) is 17.1 Å². The highest BCUT2D eigenvalue weighted by Crippen LogP contribution is 2.44. The SMILES string of the molecule is O=P(O)(O)CN(Sc1cc(Cl)cc(Cl)c1)c1ccc2c(c1)CCN2S(=O)(=O)Cc1ccccc1. The summed E-state index contributed by atoms with van der Waals surface area (Å²) in [6.07, 6.45) is -0.0504. The number of sulfonamides is 1. The molecule has 1 aliphatic rings. The Morgan fingerprint density at radius 3 is 2.32 bits per heavy atom. The second-order valence-electron chi connectivity index (χ2n) is 7.76.